The van der Waals surface area contributed by atoms with Crippen molar-refractivity contribution in [2.24, 2.45) is 0 Å². The van der Waals surface area contributed by atoms with Crippen molar-refractivity contribution in [1.82, 2.24) is 4.90 Å². The van der Waals surface area contributed by atoms with Crippen LogP contribution in [0.4, 0.5) is 0 Å². The van der Waals surface area contributed by atoms with Gasteiger partial charge in [0.25, 0.3) is 5.91 Å². The summed E-state index contributed by atoms with van der Waals surface area (Å²) in [5.41, 5.74) is 0.991. The van der Waals surface area contributed by atoms with E-state index in [1.165, 1.54) is 7.11 Å². The van der Waals surface area contributed by atoms with Crippen LogP contribution in [0.25, 0.3) is 0 Å². The Morgan fingerprint density at radius 2 is 2.00 bits per heavy atom. The van der Waals surface area contributed by atoms with E-state index in [1.54, 1.807) is 35.6 Å². The van der Waals surface area contributed by atoms with E-state index < -0.39 is 5.97 Å². The molecule has 0 bridgehead atoms. The molecule has 1 aliphatic heterocycles. The highest BCUT2D eigenvalue weighted by molar-refractivity contribution is 7.09. The van der Waals surface area contributed by atoms with Crippen LogP contribution < -0.4 is 0 Å². The first-order valence-electron chi connectivity index (χ1n) is 8.29. The Balaban J connectivity index is 1.76. The molecule has 1 fully saturated rings. The molecule has 1 atom stereocenters. The predicted octanol–water partition coefficient (Wildman–Crippen LogP) is 3.36. The van der Waals surface area contributed by atoms with Crippen molar-refractivity contribution >= 4 is 23.2 Å². The summed E-state index contributed by atoms with van der Waals surface area (Å²) in [6.45, 7) is 1.91. The summed E-state index contributed by atoms with van der Waals surface area (Å²) in [7, 11) is 1.34. The number of thiophene rings is 1. The minimum atomic E-state index is -0.409. The zero-order chi connectivity index (χ0) is 17.6. The van der Waals surface area contributed by atoms with Gasteiger partial charge in [-0.25, -0.2) is 4.79 Å². The van der Waals surface area contributed by atoms with Crippen molar-refractivity contribution in [3.63, 3.8) is 0 Å². The highest BCUT2D eigenvalue weighted by Gasteiger charge is 2.24. The molecule has 2 heterocycles. The third-order valence-corrected chi connectivity index (χ3v) is 5.08. The van der Waals surface area contributed by atoms with Gasteiger partial charge in [0.05, 0.1) is 25.3 Å². The van der Waals surface area contributed by atoms with E-state index in [0.29, 0.717) is 24.2 Å². The average molecular weight is 359 g/mol. The minimum absolute atomic E-state index is 0.0553. The molecule has 0 radical (unpaired) electrons. The fourth-order valence-corrected chi connectivity index (χ4v) is 3.61. The second-order valence-electron chi connectivity index (χ2n) is 5.97. The molecular weight excluding hydrogens is 338 g/mol. The van der Waals surface area contributed by atoms with Gasteiger partial charge in [0.15, 0.2) is 0 Å². The SMILES string of the molecule is COC(=O)c1ccc(C(=O)N(Cc2cccs2)CC2CCCO2)cc1. The molecular formula is C19H21NO4S. The Bertz CT molecular complexity index is 706. The molecule has 1 amide bonds. The Kier molecular flexibility index (Phi) is 5.83. The molecule has 1 aromatic carbocycles. The number of esters is 1. The maximum atomic E-state index is 13.0. The molecule has 2 aromatic rings. The van der Waals surface area contributed by atoms with Gasteiger partial charge in [-0.1, -0.05) is 6.07 Å². The molecule has 0 aliphatic carbocycles. The van der Waals surface area contributed by atoms with E-state index in [2.05, 4.69) is 0 Å². The van der Waals surface area contributed by atoms with Crippen LogP contribution in [0.2, 0.25) is 0 Å². The lowest BCUT2D eigenvalue weighted by molar-refractivity contribution is 0.0509. The predicted molar refractivity (Wildman–Crippen MR) is 95.8 cm³/mol. The lowest BCUT2D eigenvalue weighted by Crippen LogP contribution is -2.36. The molecule has 6 heteroatoms. The molecule has 0 saturated carbocycles. The van der Waals surface area contributed by atoms with Crippen molar-refractivity contribution in [1.29, 1.82) is 0 Å². The van der Waals surface area contributed by atoms with E-state index >= 15 is 0 Å². The van der Waals surface area contributed by atoms with Gasteiger partial charge in [0.2, 0.25) is 0 Å². The summed E-state index contributed by atoms with van der Waals surface area (Å²) in [6.07, 6.45) is 2.12. The highest BCUT2D eigenvalue weighted by Crippen LogP contribution is 2.19. The summed E-state index contributed by atoms with van der Waals surface area (Å²) in [5, 5.41) is 2.01. The average Bonchev–Trinajstić information content (AvgIpc) is 3.34. The van der Waals surface area contributed by atoms with E-state index in [4.69, 9.17) is 9.47 Å². The smallest absolute Gasteiger partial charge is 0.337 e. The van der Waals surface area contributed by atoms with E-state index in [-0.39, 0.29) is 12.0 Å². The van der Waals surface area contributed by atoms with Crippen LogP contribution in [0, 0.1) is 0 Å². The van der Waals surface area contributed by atoms with Crippen LogP contribution in [-0.2, 0) is 16.0 Å². The third-order valence-electron chi connectivity index (χ3n) is 4.21. The van der Waals surface area contributed by atoms with Crippen molar-refractivity contribution in [3.05, 3.63) is 57.8 Å². The zero-order valence-electron chi connectivity index (χ0n) is 14.1. The number of methoxy groups -OCH3 is 1. The summed E-state index contributed by atoms with van der Waals surface area (Å²) < 4.78 is 10.4. The first-order valence-corrected chi connectivity index (χ1v) is 9.17. The Labute approximate surface area is 151 Å². The third kappa shape index (κ3) is 4.46. The number of ether oxygens (including phenoxy) is 2. The fraction of sp³-hybridized carbons (Fsp3) is 0.368. The number of amides is 1. The van der Waals surface area contributed by atoms with Crippen LogP contribution >= 0.6 is 11.3 Å². The standard InChI is InChI=1S/C19H21NO4S/c1-23-19(22)15-8-6-14(7-9-15)18(21)20(12-16-4-2-10-24-16)13-17-5-3-11-25-17/h3,5-9,11,16H,2,4,10,12-13H2,1H3. The minimum Gasteiger partial charge on any atom is -0.465 e. The summed E-state index contributed by atoms with van der Waals surface area (Å²) in [4.78, 5) is 27.5. The number of nitrogens with zero attached hydrogens (tertiary/aromatic N) is 1. The first-order chi connectivity index (χ1) is 12.2. The van der Waals surface area contributed by atoms with Crippen LogP contribution in [-0.4, -0.2) is 43.1 Å². The van der Waals surface area contributed by atoms with Gasteiger partial charge >= 0.3 is 5.97 Å². The maximum absolute atomic E-state index is 13.0. The number of hydrogen-bond acceptors (Lipinski definition) is 5. The molecule has 0 spiro atoms. The Hall–Kier alpha value is -2.18. The van der Waals surface area contributed by atoms with Gasteiger partial charge < -0.3 is 14.4 Å². The number of rotatable bonds is 6. The molecule has 1 unspecified atom stereocenters. The van der Waals surface area contributed by atoms with Crippen LogP contribution in [0.3, 0.4) is 0 Å². The van der Waals surface area contributed by atoms with Crippen LogP contribution in [0.15, 0.2) is 41.8 Å². The van der Waals surface area contributed by atoms with Gasteiger partial charge in [0.1, 0.15) is 0 Å². The quantitative estimate of drug-likeness (QED) is 0.742. The zero-order valence-corrected chi connectivity index (χ0v) is 15.0. The molecule has 1 saturated heterocycles. The molecule has 1 aromatic heterocycles. The van der Waals surface area contributed by atoms with Crippen molar-refractivity contribution in [2.45, 2.75) is 25.5 Å². The number of carbonyl (C=O) groups is 2. The Morgan fingerprint density at radius 1 is 1.24 bits per heavy atom. The van der Waals surface area contributed by atoms with Crippen LogP contribution in [0.1, 0.15) is 38.4 Å². The normalized spacial score (nSPS) is 16.6. The Morgan fingerprint density at radius 3 is 2.60 bits per heavy atom. The molecule has 5 nitrogen and oxygen atoms in total. The molecule has 1 aliphatic rings. The second-order valence-corrected chi connectivity index (χ2v) is 7.00. The number of carbonyl (C=O) groups excluding carboxylic acids is 2. The summed E-state index contributed by atoms with van der Waals surface area (Å²) in [6, 6.07) is 10.6. The van der Waals surface area contributed by atoms with Crippen LogP contribution in [0.5, 0.6) is 0 Å². The van der Waals surface area contributed by atoms with Crippen molar-refractivity contribution in [3.8, 4) is 0 Å². The molecule has 3 rings (SSSR count). The van der Waals surface area contributed by atoms with Gasteiger partial charge in [-0.05, 0) is 48.6 Å². The summed E-state index contributed by atoms with van der Waals surface area (Å²) >= 11 is 1.64. The first kappa shape index (κ1) is 17.6. The highest BCUT2D eigenvalue weighted by atomic mass is 32.1. The molecule has 25 heavy (non-hydrogen) atoms. The topological polar surface area (TPSA) is 55.8 Å². The maximum Gasteiger partial charge on any atom is 0.337 e. The number of benzene rings is 1. The van der Waals surface area contributed by atoms with Gasteiger partial charge in [-0.15, -0.1) is 11.3 Å². The van der Waals surface area contributed by atoms with Crippen molar-refractivity contribution in [2.75, 3.05) is 20.3 Å². The van der Waals surface area contributed by atoms with Crippen molar-refractivity contribution < 1.29 is 19.1 Å². The second kappa shape index (κ2) is 8.27. The van der Waals surface area contributed by atoms with E-state index in [9.17, 15) is 9.59 Å². The van der Waals surface area contributed by atoms with E-state index in [0.717, 1.165) is 24.3 Å². The number of hydrogen-bond donors (Lipinski definition) is 0. The lowest BCUT2D eigenvalue weighted by Gasteiger charge is -2.25. The monoisotopic (exact) mass is 359 g/mol. The van der Waals surface area contributed by atoms with Gasteiger partial charge in [-0.2, -0.15) is 0 Å². The van der Waals surface area contributed by atoms with E-state index in [1.807, 2.05) is 22.4 Å². The summed E-state index contributed by atoms with van der Waals surface area (Å²) in [5.74, 6) is -0.464. The van der Waals surface area contributed by atoms with Gasteiger partial charge in [0, 0.05) is 23.6 Å². The molecule has 0 N–H and O–H groups in total. The largest absolute Gasteiger partial charge is 0.465 e. The lowest BCUT2D eigenvalue weighted by atomic mass is 10.1. The fourth-order valence-electron chi connectivity index (χ4n) is 2.89. The molecule has 132 valence electrons. The van der Waals surface area contributed by atoms with Gasteiger partial charge in [-0.3, -0.25) is 4.79 Å².